The van der Waals surface area contributed by atoms with Crippen molar-refractivity contribution in [2.45, 2.75) is 13.8 Å². The van der Waals surface area contributed by atoms with Gasteiger partial charge >= 0.3 is 12.0 Å². The van der Waals surface area contributed by atoms with Crippen molar-refractivity contribution in [3.63, 3.8) is 0 Å². The molecular formula is C10H11N5O3. The van der Waals surface area contributed by atoms with Gasteiger partial charge in [-0.3, -0.25) is 24.1 Å². The summed E-state index contributed by atoms with van der Waals surface area (Å²) in [7, 11) is 1.53. The number of carbonyl (C=O) groups is 2. The van der Waals surface area contributed by atoms with Crippen molar-refractivity contribution in [2.24, 2.45) is 7.05 Å². The highest BCUT2D eigenvalue weighted by atomic mass is 16.5. The van der Waals surface area contributed by atoms with Gasteiger partial charge in [0.05, 0.1) is 0 Å². The normalized spacial score (nSPS) is 10.6. The van der Waals surface area contributed by atoms with Crippen LogP contribution in [0.15, 0.2) is 6.33 Å². The third-order valence-electron chi connectivity index (χ3n) is 2.36. The first-order chi connectivity index (χ1) is 8.41. The van der Waals surface area contributed by atoms with E-state index in [1.54, 1.807) is 0 Å². The molecule has 0 spiro atoms. The van der Waals surface area contributed by atoms with E-state index in [2.05, 4.69) is 9.97 Å². The summed E-state index contributed by atoms with van der Waals surface area (Å²) in [6.45, 7) is 2.59. The van der Waals surface area contributed by atoms with E-state index >= 15 is 0 Å². The minimum absolute atomic E-state index is 0.0104. The zero-order chi connectivity index (χ0) is 13.4. The second kappa shape index (κ2) is 4.06. The van der Waals surface area contributed by atoms with Gasteiger partial charge in [-0.2, -0.15) is 4.98 Å². The summed E-state index contributed by atoms with van der Waals surface area (Å²) < 4.78 is 7.35. The van der Waals surface area contributed by atoms with E-state index in [1.807, 2.05) is 0 Å². The number of aromatic nitrogens is 4. The second-order valence-electron chi connectivity index (χ2n) is 3.70. The van der Waals surface area contributed by atoms with E-state index in [9.17, 15) is 9.59 Å². The molecule has 2 rings (SSSR count). The lowest BCUT2D eigenvalue weighted by Crippen LogP contribution is -2.23. The Labute approximate surface area is 101 Å². The van der Waals surface area contributed by atoms with Gasteiger partial charge in [0.2, 0.25) is 5.91 Å². The van der Waals surface area contributed by atoms with E-state index in [0.717, 1.165) is 0 Å². The second-order valence-corrected chi connectivity index (χ2v) is 3.70. The molecule has 1 N–H and O–H groups in total. The molecule has 2 aromatic heterocycles. The standard InChI is InChI=1S/C10H11N5O3/c1-5(16)15-4-12-7-8(11)14(3)10(13-9(7)15)18-6(2)17/h4,11H,1-3H3. The first-order valence-corrected chi connectivity index (χ1v) is 5.10. The van der Waals surface area contributed by atoms with Crippen LogP contribution in [0.4, 0.5) is 0 Å². The van der Waals surface area contributed by atoms with Crippen molar-refractivity contribution in [1.82, 2.24) is 19.1 Å². The minimum atomic E-state index is -0.550. The molecule has 8 nitrogen and oxygen atoms in total. The fraction of sp³-hybridized carbons (Fsp3) is 0.300. The molecule has 0 bridgehead atoms. The lowest BCUT2D eigenvalue weighted by Gasteiger charge is -2.07. The monoisotopic (exact) mass is 249 g/mol. The van der Waals surface area contributed by atoms with Crippen LogP contribution in [0.25, 0.3) is 11.2 Å². The third kappa shape index (κ3) is 1.77. The molecule has 0 aliphatic rings. The Bertz CT molecular complexity index is 712. The first-order valence-electron chi connectivity index (χ1n) is 5.10. The van der Waals surface area contributed by atoms with E-state index < -0.39 is 5.97 Å². The third-order valence-corrected chi connectivity index (χ3v) is 2.36. The number of hydrogen-bond acceptors (Lipinski definition) is 6. The van der Waals surface area contributed by atoms with Crippen molar-refractivity contribution in [3.8, 4) is 6.01 Å². The van der Waals surface area contributed by atoms with Gasteiger partial charge in [0.15, 0.2) is 16.7 Å². The number of hydrogen-bond donors (Lipinski definition) is 1. The summed E-state index contributed by atoms with van der Waals surface area (Å²) in [5.74, 6) is -0.835. The largest absolute Gasteiger partial charge is 0.392 e. The smallest absolute Gasteiger partial charge is 0.310 e. The zero-order valence-corrected chi connectivity index (χ0v) is 10.1. The van der Waals surface area contributed by atoms with Gasteiger partial charge in [-0.25, -0.2) is 4.98 Å². The summed E-state index contributed by atoms with van der Waals surface area (Å²) in [5.41, 5.74) is 0.474. The van der Waals surface area contributed by atoms with Crippen LogP contribution >= 0.6 is 0 Å². The number of imidazole rings is 1. The van der Waals surface area contributed by atoms with Crippen molar-refractivity contribution < 1.29 is 14.3 Å². The molecule has 2 heterocycles. The van der Waals surface area contributed by atoms with Crippen molar-refractivity contribution >= 4 is 23.0 Å². The maximum absolute atomic E-state index is 11.4. The summed E-state index contributed by atoms with van der Waals surface area (Å²) in [6.07, 6.45) is 1.29. The summed E-state index contributed by atoms with van der Waals surface area (Å²) in [6, 6.07) is -0.0528. The van der Waals surface area contributed by atoms with Gasteiger partial charge < -0.3 is 4.74 Å². The topological polar surface area (TPSA) is 103 Å². The molecule has 0 radical (unpaired) electrons. The summed E-state index contributed by atoms with van der Waals surface area (Å²) in [5, 5.41) is 7.87. The highest BCUT2D eigenvalue weighted by Crippen LogP contribution is 2.11. The molecular weight excluding hydrogens is 238 g/mol. The fourth-order valence-electron chi connectivity index (χ4n) is 1.49. The Kier molecular flexibility index (Phi) is 2.70. The van der Waals surface area contributed by atoms with Gasteiger partial charge in [0.25, 0.3) is 0 Å². The summed E-state index contributed by atoms with van der Waals surface area (Å²) in [4.78, 5) is 30.3. The van der Waals surface area contributed by atoms with Crippen molar-refractivity contribution in [2.75, 3.05) is 0 Å². The molecule has 0 amide bonds. The zero-order valence-electron chi connectivity index (χ0n) is 10.1. The van der Waals surface area contributed by atoms with Crippen LogP contribution in [-0.2, 0) is 11.8 Å². The fourth-order valence-corrected chi connectivity index (χ4v) is 1.49. The molecule has 0 fully saturated rings. The van der Waals surface area contributed by atoms with Gasteiger partial charge in [-0.05, 0) is 0 Å². The van der Waals surface area contributed by atoms with Crippen LogP contribution in [0.1, 0.15) is 18.6 Å². The van der Waals surface area contributed by atoms with Gasteiger partial charge in [-0.15, -0.1) is 0 Å². The van der Waals surface area contributed by atoms with Crippen LogP contribution in [0, 0.1) is 5.41 Å². The average molecular weight is 249 g/mol. The molecule has 0 aromatic carbocycles. The molecule has 0 atom stereocenters. The van der Waals surface area contributed by atoms with E-state index in [0.29, 0.717) is 0 Å². The number of fused-ring (bicyclic) bond motifs is 1. The lowest BCUT2D eigenvalue weighted by atomic mass is 10.5. The highest BCUT2D eigenvalue weighted by molar-refractivity contribution is 5.86. The Balaban J connectivity index is 2.78. The molecule has 18 heavy (non-hydrogen) atoms. The Hall–Kier alpha value is -2.51. The predicted octanol–water partition coefficient (Wildman–Crippen LogP) is -0.165. The number of nitrogens with zero attached hydrogens (tertiary/aromatic N) is 4. The molecule has 0 aliphatic heterocycles. The van der Waals surface area contributed by atoms with Gasteiger partial charge in [-0.1, -0.05) is 0 Å². The van der Waals surface area contributed by atoms with Gasteiger partial charge in [0, 0.05) is 20.9 Å². The van der Waals surface area contributed by atoms with Crippen molar-refractivity contribution in [3.05, 3.63) is 11.8 Å². The minimum Gasteiger partial charge on any atom is -0.392 e. The Morgan fingerprint density at radius 3 is 2.61 bits per heavy atom. The van der Waals surface area contributed by atoms with Crippen LogP contribution < -0.4 is 10.2 Å². The number of esters is 1. The summed E-state index contributed by atoms with van der Waals surface area (Å²) >= 11 is 0. The average Bonchev–Trinajstić information content (AvgIpc) is 2.68. The lowest BCUT2D eigenvalue weighted by molar-refractivity contribution is -0.132. The first kappa shape index (κ1) is 12.0. The highest BCUT2D eigenvalue weighted by Gasteiger charge is 2.15. The van der Waals surface area contributed by atoms with Crippen LogP contribution in [0.2, 0.25) is 0 Å². The van der Waals surface area contributed by atoms with Crippen LogP contribution in [0.5, 0.6) is 6.01 Å². The van der Waals surface area contributed by atoms with Gasteiger partial charge in [0.1, 0.15) is 6.33 Å². The number of carbonyl (C=O) groups excluding carboxylic acids is 2. The molecule has 0 saturated heterocycles. The predicted molar refractivity (Wildman–Crippen MR) is 60.0 cm³/mol. The Morgan fingerprint density at radius 2 is 2.06 bits per heavy atom. The molecule has 8 heteroatoms. The van der Waals surface area contributed by atoms with E-state index in [4.69, 9.17) is 10.1 Å². The van der Waals surface area contributed by atoms with Crippen LogP contribution in [0.3, 0.4) is 0 Å². The molecule has 0 saturated carbocycles. The Morgan fingerprint density at radius 1 is 1.39 bits per heavy atom. The quantitative estimate of drug-likeness (QED) is 0.707. The maximum atomic E-state index is 11.4. The SMILES string of the molecule is CC(=O)Oc1nc2c(ncn2C(C)=O)c(=N)n1C. The molecule has 94 valence electrons. The molecule has 2 aromatic rings. The van der Waals surface area contributed by atoms with Crippen LogP contribution in [-0.4, -0.2) is 31.0 Å². The number of rotatable bonds is 1. The molecule has 0 unspecified atom stereocenters. The number of nitrogens with one attached hydrogen (secondary N) is 1. The number of ether oxygens (including phenoxy) is 1. The molecule has 0 aliphatic carbocycles. The van der Waals surface area contributed by atoms with E-state index in [-0.39, 0.29) is 28.6 Å². The van der Waals surface area contributed by atoms with E-state index in [1.165, 1.54) is 36.4 Å². The maximum Gasteiger partial charge on any atom is 0.310 e. The van der Waals surface area contributed by atoms with Crippen molar-refractivity contribution in [1.29, 1.82) is 5.41 Å².